The number of nitrogens with one attached hydrogen (secondary N) is 1. The van der Waals surface area contributed by atoms with Crippen molar-refractivity contribution >= 4 is 17.1 Å². The van der Waals surface area contributed by atoms with Crippen molar-refractivity contribution in [3.05, 3.63) is 36.0 Å². The molecule has 1 fully saturated rings. The number of para-hydroxylation sites is 1. The Morgan fingerprint density at radius 2 is 2.11 bits per heavy atom. The highest BCUT2D eigenvalue weighted by molar-refractivity contribution is 5.99. The van der Waals surface area contributed by atoms with Crippen molar-refractivity contribution in [2.45, 2.75) is 12.8 Å². The number of nitrogens with zero attached hydrogens (tertiary/aromatic N) is 2. The van der Waals surface area contributed by atoms with Crippen LogP contribution >= 0.6 is 0 Å². The molecular formula is C16H21N3. The van der Waals surface area contributed by atoms with Crippen LogP contribution in [0.1, 0.15) is 18.4 Å². The molecule has 3 rings (SSSR count). The molecule has 0 amide bonds. The Morgan fingerprint density at radius 3 is 2.95 bits per heavy atom. The fourth-order valence-corrected chi connectivity index (χ4v) is 2.84. The molecule has 0 unspecified atom stereocenters. The van der Waals surface area contributed by atoms with E-state index in [-0.39, 0.29) is 0 Å². The Bertz CT molecular complexity index is 577. The van der Waals surface area contributed by atoms with Crippen molar-refractivity contribution in [1.29, 1.82) is 0 Å². The molecule has 0 spiro atoms. The van der Waals surface area contributed by atoms with Gasteiger partial charge in [0.25, 0.3) is 0 Å². The van der Waals surface area contributed by atoms with Crippen molar-refractivity contribution in [3.63, 3.8) is 0 Å². The molecule has 3 nitrogen and oxygen atoms in total. The van der Waals surface area contributed by atoms with Gasteiger partial charge >= 0.3 is 0 Å². The molecule has 1 N–H and O–H groups in total. The second-order valence-corrected chi connectivity index (χ2v) is 5.40. The maximum absolute atomic E-state index is 4.66. The number of hydrogen-bond acceptors (Lipinski definition) is 2. The zero-order valence-electron chi connectivity index (χ0n) is 11.5. The van der Waals surface area contributed by atoms with Crippen LogP contribution in [0.15, 0.2) is 35.5 Å². The van der Waals surface area contributed by atoms with E-state index in [1.807, 2.05) is 6.21 Å². The highest BCUT2D eigenvalue weighted by Gasteiger charge is 2.11. The van der Waals surface area contributed by atoms with Gasteiger partial charge in [0.15, 0.2) is 0 Å². The van der Waals surface area contributed by atoms with Crippen molar-refractivity contribution in [2.24, 2.45) is 18.0 Å². The Labute approximate surface area is 114 Å². The van der Waals surface area contributed by atoms with Crippen molar-refractivity contribution in [2.75, 3.05) is 19.6 Å². The molecular weight excluding hydrogens is 234 g/mol. The Balaban J connectivity index is 1.74. The first-order chi connectivity index (χ1) is 9.34. The average molecular weight is 255 g/mol. The Hall–Kier alpha value is -1.61. The monoisotopic (exact) mass is 255 g/mol. The van der Waals surface area contributed by atoms with Crippen LogP contribution in [-0.4, -0.2) is 30.4 Å². The molecule has 2 heterocycles. The number of rotatable bonds is 3. The molecule has 0 atom stereocenters. The fraction of sp³-hybridized carbons (Fsp3) is 0.438. The fourth-order valence-electron chi connectivity index (χ4n) is 2.84. The van der Waals surface area contributed by atoms with E-state index in [0.717, 1.165) is 25.6 Å². The predicted octanol–water partition coefficient (Wildman–Crippen LogP) is 2.60. The molecule has 0 bridgehead atoms. The van der Waals surface area contributed by atoms with Gasteiger partial charge in [-0.2, -0.15) is 0 Å². The number of piperidine rings is 1. The summed E-state index contributed by atoms with van der Waals surface area (Å²) in [4.78, 5) is 4.66. The van der Waals surface area contributed by atoms with E-state index in [1.54, 1.807) is 0 Å². The molecule has 19 heavy (non-hydrogen) atoms. The summed E-state index contributed by atoms with van der Waals surface area (Å²) in [6.45, 7) is 3.26. The van der Waals surface area contributed by atoms with E-state index in [0.29, 0.717) is 0 Å². The standard InChI is InChI=1S/C16H21N3/c1-19-12-14(15-4-2-3-5-16(15)19)11-18-10-13-6-8-17-9-7-13/h2-5,11-13,17H,6-10H2,1H3/b18-11+. The van der Waals surface area contributed by atoms with Crippen molar-refractivity contribution in [3.8, 4) is 0 Å². The second-order valence-electron chi connectivity index (χ2n) is 5.40. The molecule has 0 saturated carbocycles. The van der Waals surface area contributed by atoms with Gasteiger partial charge in [-0.3, -0.25) is 4.99 Å². The lowest BCUT2D eigenvalue weighted by atomic mass is 9.98. The van der Waals surface area contributed by atoms with Gasteiger partial charge in [-0.05, 0) is 37.9 Å². The number of aromatic nitrogens is 1. The van der Waals surface area contributed by atoms with Crippen LogP contribution in [0.5, 0.6) is 0 Å². The van der Waals surface area contributed by atoms with E-state index in [9.17, 15) is 0 Å². The molecule has 1 aromatic heterocycles. The lowest BCUT2D eigenvalue weighted by molar-refractivity contribution is 0.383. The summed E-state index contributed by atoms with van der Waals surface area (Å²) >= 11 is 0. The molecule has 0 aliphatic carbocycles. The minimum absolute atomic E-state index is 0.757. The number of hydrogen-bond donors (Lipinski definition) is 1. The van der Waals surface area contributed by atoms with E-state index >= 15 is 0 Å². The molecule has 1 aliphatic rings. The van der Waals surface area contributed by atoms with Crippen LogP contribution < -0.4 is 5.32 Å². The zero-order chi connectivity index (χ0) is 13.1. The second kappa shape index (κ2) is 5.57. The van der Waals surface area contributed by atoms with Crippen LogP contribution in [0.2, 0.25) is 0 Å². The molecule has 1 saturated heterocycles. The van der Waals surface area contributed by atoms with Gasteiger partial charge < -0.3 is 9.88 Å². The number of fused-ring (bicyclic) bond motifs is 1. The summed E-state index contributed by atoms with van der Waals surface area (Å²) in [6, 6.07) is 8.49. The molecule has 3 heteroatoms. The Morgan fingerprint density at radius 1 is 1.32 bits per heavy atom. The van der Waals surface area contributed by atoms with Crippen LogP contribution in [-0.2, 0) is 7.05 Å². The number of aryl methyl sites for hydroxylation is 1. The molecule has 1 aliphatic heterocycles. The maximum atomic E-state index is 4.66. The van der Waals surface area contributed by atoms with E-state index in [2.05, 4.69) is 52.4 Å². The van der Waals surface area contributed by atoms with Gasteiger partial charge in [0, 0.05) is 42.5 Å². The Kier molecular flexibility index (Phi) is 3.65. The topological polar surface area (TPSA) is 29.3 Å². The smallest absolute Gasteiger partial charge is 0.0484 e. The molecule has 1 aromatic carbocycles. The quantitative estimate of drug-likeness (QED) is 0.839. The SMILES string of the molecule is Cn1cc(/C=N/CC2CCNCC2)c2ccccc21. The first-order valence-electron chi connectivity index (χ1n) is 7.09. The lowest BCUT2D eigenvalue weighted by Crippen LogP contribution is -2.28. The predicted molar refractivity (Wildman–Crippen MR) is 81.0 cm³/mol. The lowest BCUT2D eigenvalue weighted by Gasteiger charge is -2.20. The van der Waals surface area contributed by atoms with Gasteiger partial charge in [0.05, 0.1) is 0 Å². The number of aliphatic imine (C=N–C) groups is 1. The van der Waals surface area contributed by atoms with Gasteiger partial charge in [-0.1, -0.05) is 18.2 Å². The summed E-state index contributed by atoms with van der Waals surface area (Å²) < 4.78 is 2.17. The van der Waals surface area contributed by atoms with Crippen LogP contribution in [0, 0.1) is 5.92 Å². The minimum Gasteiger partial charge on any atom is -0.350 e. The third-order valence-electron chi connectivity index (χ3n) is 3.98. The van der Waals surface area contributed by atoms with Gasteiger partial charge in [0.1, 0.15) is 0 Å². The van der Waals surface area contributed by atoms with E-state index in [1.165, 1.54) is 29.3 Å². The summed E-state index contributed by atoms with van der Waals surface area (Å²) in [5, 5.41) is 4.69. The molecule has 100 valence electrons. The normalized spacial score (nSPS) is 17.5. The van der Waals surface area contributed by atoms with E-state index in [4.69, 9.17) is 0 Å². The van der Waals surface area contributed by atoms with Crippen LogP contribution in [0.3, 0.4) is 0 Å². The third-order valence-corrected chi connectivity index (χ3v) is 3.98. The molecule has 0 radical (unpaired) electrons. The minimum atomic E-state index is 0.757. The van der Waals surface area contributed by atoms with Crippen LogP contribution in [0.25, 0.3) is 10.9 Å². The van der Waals surface area contributed by atoms with Crippen LogP contribution in [0.4, 0.5) is 0 Å². The summed E-state index contributed by atoms with van der Waals surface area (Å²) in [5.41, 5.74) is 2.50. The summed E-state index contributed by atoms with van der Waals surface area (Å²) in [7, 11) is 2.09. The highest BCUT2D eigenvalue weighted by atomic mass is 14.9. The van der Waals surface area contributed by atoms with Gasteiger partial charge in [-0.15, -0.1) is 0 Å². The van der Waals surface area contributed by atoms with Crippen molar-refractivity contribution in [1.82, 2.24) is 9.88 Å². The van der Waals surface area contributed by atoms with E-state index < -0.39 is 0 Å². The zero-order valence-corrected chi connectivity index (χ0v) is 11.5. The van der Waals surface area contributed by atoms with Crippen molar-refractivity contribution < 1.29 is 0 Å². The maximum Gasteiger partial charge on any atom is 0.0484 e. The summed E-state index contributed by atoms with van der Waals surface area (Å²) in [5.74, 6) is 0.757. The van der Waals surface area contributed by atoms with Gasteiger partial charge in [-0.25, -0.2) is 0 Å². The summed E-state index contributed by atoms with van der Waals surface area (Å²) in [6.07, 6.45) is 6.72. The highest BCUT2D eigenvalue weighted by Crippen LogP contribution is 2.19. The first kappa shape index (κ1) is 12.4. The average Bonchev–Trinajstić information content (AvgIpc) is 2.78. The first-order valence-corrected chi connectivity index (χ1v) is 7.09. The molecule has 2 aromatic rings. The third kappa shape index (κ3) is 2.71. The number of benzene rings is 1. The van der Waals surface area contributed by atoms with Gasteiger partial charge in [0.2, 0.25) is 0 Å². The largest absolute Gasteiger partial charge is 0.350 e.